The third-order valence-electron chi connectivity index (χ3n) is 5.13. The molecule has 2 heterocycles. The zero-order valence-electron chi connectivity index (χ0n) is 17.2. The van der Waals surface area contributed by atoms with Gasteiger partial charge in [0.25, 0.3) is 5.91 Å². The highest BCUT2D eigenvalue weighted by Gasteiger charge is 2.28. The number of rotatable bonds is 7. The van der Waals surface area contributed by atoms with Gasteiger partial charge in [-0.1, -0.05) is 0 Å². The second-order valence-electron chi connectivity index (χ2n) is 7.16. The molecule has 1 aromatic heterocycles. The number of carbonyl (C=O) groups excluding carboxylic acids is 2. The van der Waals surface area contributed by atoms with Gasteiger partial charge in [-0.05, 0) is 39.7 Å². The Bertz CT molecular complexity index is 752. The predicted molar refractivity (Wildman–Crippen MR) is 107 cm³/mol. The molecule has 0 bridgehead atoms. The van der Waals surface area contributed by atoms with Crippen LogP contribution in [0.1, 0.15) is 53.6 Å². The molecule has 160 valence electrons. The second kappa shape index (κ2) is 10.4. The van der Waals surface area contributed by atoms with Crippen molar-refractivity contribution in [2.45, 2.75) is 39.5 Å². The smallest absolute Gasteiger partial charge is 0.427 e. The summed E-state index contributed by atoms with van der Waals surface area (Å²) in [7, 11) is 0. The van der Waals surface area contributed by atoms with Crippen LogP contribution in [-0.2, 0) is 15.9 Å². The highest BCUT2D eigenvalue weighted by molar-refractivity contribution is 6.06. The number of hydrazone groups is 1. The molecule has 9 nitrogen and oxygen atoms in total. The molecule has 1 aliphatic carbocycles. The Morgan fingerprint density at radius 3 is 2.79 bits per heavy atom. The molecule has 0 unspecified atom stereocenters. The second-order valence-corrected chi connectivity index (χ2v) is 7.16. The summed E-state index contributed by atoms with van der Waals surface area (Å²) in [5, 5.41) is 7.14. The van der Waals surface area contributed by atoms with Gasteiger partial charge in [-0.15, -0.1) is 0 Å². The van der Waals surface area contributed by atoms with Crippen LogP contribution in [0.2, 0.25) is 0 Å². The number of aryl methyl sites for hydroxylation is 1. The van der Waals surface area contributed by atoms with Crippen molar-refractivity contribution in [1.29, 1.82) is 0 Å². The number of morpholine rings is 1. The summed E-state index contributed by atoms with van der Waals surface area (Å²) in [6, 6.07) is 0. The molecule has 0 radical (unpaired) electrons. The molecule has 0 aromatic carbocycles. The lowest BCUT2D eigenvalue weighted by Gasteiger charge is -2.26. The van der Waals surface area contributed by atoms with E-state index in [0.29, 0.717) is 24.4 Å². The molecular formula is C20H30N4O5. The van der Waals surface area contributed by atoms with Crippen LogP contribution in [0.3, 0.4) is 0 Å². The molecule has 2 aliphatic rings. The van der Waals surface area contributed by atoms with E-state index >= 15 is 0 Å². The summed E-state index contributed by atoms with van der Waals surface area (Å²) in [4.78, 5) is 26.5. The Balaban J connectivity index is 1.58. The minimum absolute atomic E-state index is 0.212. The number of nitrogens with zero attached hydrogens (tertiary/aromatic N) is 2. The van der Waals surface area contributed by atoms with Gasteiger partial charge >= 0.3 is 6.09 Å². The minimum Gasteiger partial charge on any atom is -0.455 e. The molecule has 1 aliphatic heterocycles. The lowest BCUT2D eigenvalue weighted by molar-refractivity contribution is 0.0374. The Morgan fingerprint density at radius 1 is 1.24 bits per heavy atom. The Kier molecular flexibility index (Phi) is 7.65. The van der Waals surface area contributed by atoms with Crippen molar-refractivity contribution in [1.82, 2.24) is 15.6 Å². The first-order valence-corrected chi connectivity index (χ1v) is 10.3. The number of hydrogen-bond donors (Lipinski definition) is 2. The topological polar surface area (TPSA) is 105 Å². The van der Waals surface area contributed by atoms with E-state index in [0.717, 1.165) is 69.0 Å². The van der Waals surface area contributed by atoms with E-state index in [1.54, 1.807) is 6.92 Å². The lowest BCUT2D eigenvalue weighted by Crippen LogP contribution is -2.38. The van der Waals surface area contributed by atoms with Crippen molar-refractivity contribution in [3.05, 3.63) is 22.6 Å². The van der Waals surface area contributed by atoms with Gasteiger partial charge in [0.05, 0.1) is 25.5 Å². The highest BCUT2D eigenvalue weighted by atomic mass is 16.5. The SMILES string of the molecule is CCOC(=O)N/N=C1\CCCc2oc(C(=O)NCCCN3CCOCC3)c(C)c21. The van der Waals surface area contributed by atoms with Crippen molar-refractivity contribution in [2.75, 3.05) is 46.0 Å². The van der Waals surface area contributed by atoms with Gasteiger partial charge in [0, 0.05) is 37.2 Å². The molecule has 29 heavy (non-hydrogen) atoms. The molecule has 0 atom stereocenters. The maximum atomic E-state index is 12.6. The Morgan fingerprint density at radius 2 is 2.03 bits per heavy atom. The number of fused-ring (bicyclic) bond motifs is 1. The summed E-state index contributed by atoms with van der Waals surface area (Å²) in [6.07, 6.45) is 2.59. The van der Waals surface area contributed by atoms with Crippen LogP contribution in [0, 0.1) is 6.92 Å². The first-order valence-electron chi connectivity index (χ1n) is 10.3. The summed E-state index contributed by atoms with van der Waals surface area (Å²) in [6.45, 7) is 8.84. The summed E-state index contributed by atoms with van der Waals surface area (Å²) in [5.41, 5.74) is 4.70. The van der Waals surface area contributed by atoms with E-state index in [4.69, 9.17) is 13.9 Å². The van der Waals surface area contributed by atoms with Gasteiger partial charge in [-0.3, -0.25) is 9.69 Å². The van der Waals surface area contributed by atoms with Crippen LogP contribution in [0.4, 0.5) is 4.79 Å². The summed E-state index contributed by atoms with van der Waals surface area (Å²) < 4.78 is 16.0. The van der Waals surface area contributed by atoms with Crippen molar-refractivity contribution in [2.24, 2.45) is 5.10 Å². The first-order chi connectivity index (χ1) is 14.1. The van der Waals surface area contributed by atoms with Crippen LogP contribution < -0.4 is 10.7 Å². The Hall–Kier alpha value is -2.39. The number of hydrogen-bond acceptors (Lipinski definition) is 7. The average molecular weight is 406 g/mol. The third kappa shape index (κ3) is 5.57. The van der Waals surface area contributed by atoms with Crippen LogP contribution in [-0.4, -0.2) is 68.6 Å². The molecule has 1 fully saturated rings. The van der Waals surface area contributed by atoms with Crippen LogP contribution in [0.15, 0.2) is 9.52 Å². The number of nitrogens with one attached hydrogen (secondary N) is 2. The molecule has 0 saturated carbocycles. The van der Waals surface area contributed by atoms with Crippen molar-refractivity contribution in [3.8, 4) is 0 Å². The molecule has 0 spiro atoms. The monoisotopic (exact) mass is 406 g/mol. The van der Waals surface area contributed by atoms with Crippen LogP contribution in [0.25, 0.3) is 0 Å². The zero-order chi connectivity index (χ0) is 20.6. The van der Waals surface area contributed by atoms with E-state index in [1.807, 2.05) is 6.92 Å². The average Bonchev–Trinajstić information content (AvgIpc) is 3.08. The van der Waals surface area contributed by atoms with Gasteiger partial charge < -0.3 is 19.2 Å². The fourth-order valence-electron chi connectivity index (χ4n) is 3.68. The quantitative estimate of drug-likeness (QED) is 0.529. The van der Waals surface area contributed by atoms with Gasteiger partial charge in [-0.25, -0.2) is 10.2 Å². The van der Waals surface area contributed by atoms with Crippen LogP contribution >= 0.6 is 0 Å². The molecule has 9 heteroatoms. The van der Waals surface area contributed by atoms with Crippen LogP contribution in [0.5, 0.6) is 0 Å². The minimum atomic E-state index is -0.591. The van der Waals surface area contributed by atoms with Gasteiger partial charge in [0.2, 0.25) is 0 Å². The van der Waals surface area contributed by atoms with E-state index < -0.39 is 6.09 Å². The molecule has 2 amide bonds. The number of ether oxygens (including phenoxy) is 2. The summed E-state index contributed by atoms with van der Waals surface area (Å²) in [5.74, 6) is 0.861. The fraction of sp³-hybridized carbons (Fsp3) is 0.650. The van der Waals surface area contributed by atoms with Gasteiger partial charge in [-0.2, -0.15) is 5.10 Å². The van der Waals surface area contributed by atoms with E-state index in [2.05, 4.69) is 20.7 Å². The number of amides is 2. The largest absolute Gasteiger partial charge is 0.455 e. The van der Waals surface area contributed by atoms with Crippen molar-refractivity contribution in [3.63, 3.8) is 0 Å². The van der Waals surface area contributed by atoms with E-state index in [1.165, 1.54) is 0 Å². The predicted octanol–water partition coefficient (Wildman–Crippen LogP) is 1.83. The van der Waals surface area contributed by atoms with Gasteiger partial charge in [0.15, 0.2) is 5.76 Å². The van der Waals surface area contributed by atoms with E-state index in [9.17, 15) is 9.59 Å². The molecular weight excluding hydrogens is 376 g/mol. The number of furan rings is 1. The summed E-state index contributed by atoms with van der Waals surface area (Å²) >= 11 is 0. The maximum Gasteiger partial charge on any atom is 0.427 e. The molecule has 3 rings (SSSR count). The molecule has 1 aromatic rings. The van der Waals surface area contributed by atoms with Gasteiger partial charge in [0.1, 0.15) is 5.76 Å². The zero-order valence-corrected chi connectivity index (χ0v) is 17.2. The fourth-order valence-corrected chi connectivity index (χ4v) is 3.68. The molecule has 2 N–H and O–H groups in total. The maximum absolute atomic E-state index is 12.6. The van der Waals surface area contributed by atoms with Crippen molar-refractivity contribution < 1.29 is 23.5 Å². The normalized spacial score (nSPS) is 18.3. The number of carbonyl (C=O) groups is 2. The standard InChI is InChI=1S/C20H30N4O5/c1-3-28-20(26)23-22-15-6-4-7-16-17(15)14(2)18(29-16)19(25)21-8-5-9-24-10-12-27-13-11-24/h3-13H2,1-2H3,(H,21,25)(H,23,26)/b22-15+. The van der Waals surface area contributed by atoms with Crippen molar-refractivity contribution >= 4 is 17.7 Å². The molecule has 1 saturated heterocycles. The Labute approximate surface area is 170 Å². The highest BCUT2D eigenvalue weighted by Crippen LogP contribution is 2.29. The first kappa shape index (κ1) is 21.3. The lowest BCUT2D eigenvalue weighted by atomic mass is 9.93. The third-order valence-corrected chi connectivity index (χ3v) is 5.13. The van der Waals surface area contributed by atoms with E-state index in [-0.39, 0.29) is 12.5 Å².